The van der Waals surface area contributed by atoms with Crippen molar-refractivity contribution in [1.82, 2.24) is 0 Å². The normalized spacial score (nSPS) is 10.0. The minimum atomic E-state index is -0.468. The van der Waals surface area contributed by atoms with E-state index in [1.807, 2.05) is 6.92 Å². The highest BCUT2D eigenvalue weighted by atomic mass is 16.5. The van der Waals surface area contributed by atoms with Gasteiger partial charge < -0.3 is 14.6 Å². The highest BCUT2D eigenvalue weighted by molar-refractivity contribution is 5.91. The number of aromatic hydroxyl groups is 1. The SMILES string of the molecule is COc1ccc(OC(=O)c2ccc(O)cc2)cc1C. The quantitative estimate of drug-likeness (QED) is 0.679. The number of benzene rings is 2. The van der Waals surface area contributed by atoms with Gasteiger partial charge in [-0.25, -0.2) is 4.79 Å². The molecule has 0 aromatic heterocycles. The van der Waals surface area contributed by atoms with E-state index in [0.717, 1.165) is 11.3 Å². The van der Waals surface area contributed by atoms with Crippen LogP contribution in [0.25, 0.3) is 0 Å². The van der Waals surface area contributed by atoms with Crippen LogP contribution in [0, 0.1) is 6.92 Å². The third-order valence-electron chi connectivity index (χ3n) is 2.68. The first-order chi connectivity index (χ1) is 9.10. The monoisotopic (exact) mass is 258 g/mol. The lowest BCUT2D eigenvalue weighted by molar-refractivity contribution is 0.0734. The summed E-state index contributed by atoms with van der Waals surface area (Å²) in [6.07, 6.45) is 0. The molecule has 4 heteroatoms. The van der Waals surface area contributed by atoms with Crippen LogP contribution in [0.1, 0.15) is 15.9 Å². The Bertz CT molecular complexity index is 588. The van der Waals surface area contributed by atoms with Crippen molar-refractivity contribution in [2.45, 2.75) is 6.92 Å². The zero-order chi connectivity index (χ0) is 13.8. The summed E-state index contributed by atoms with van der Waals surface area (Å²) >= 11 is 0. The van der Waals surface area contributed by atoms with E-state index in [2.05, 4.69) is 0 Å². The van der Waals surface area contributed by atoms with E-state index in [-0.39, 0.29) is 5.75 Å². The van der Waals surface area contributed by atoms with E-state index in [0.29, 0.717) is 11.3 Å². The van der Waals surface area contributed by atoms with Crippen LogP contribution in [0.15, 0.2) is 42.5 Å². The van der Waals surface area contributed by atoms with Gasteiger partial charge >= 0.3 is 5.97 Å². The number of aryl methyl sites for hydroxylation is 1. The van der Waals surface area contributed by atoms with Crippen LogP contribution in [0.3, 0.4) is 0 Å². The van der Waals surface area contributed by atoms with Gasteiger partial charge in [-0.3, -0.25) is 0 Å². The number of phenols is 1. The Morgan fingerprint density at radius 2 is 1.79 bits per heavy atom. The molecule has 2 rings (SSSR count). The number of hydrogen-bond acceptors (Lipinski definition) is 4. The summed E-state index contributed by atoms with van der Waals surface area (Å²) in [5.41, 5.74) is 1.27. The van der Waals surface area contributed by atoms with Gasteiger partial charge in [0.05, 0.1) is 12.7 Å². The number of methoxy groups -OCH3 is 1. The predicted molar refractivity (Wildman–Crippen MR) is 70.8 cm³/mol. The van der Waals surface area contributed by atoms with Gasteiger partial charge in [0, 0.05) is 0 Å². The molecule has 1 N–H and O–H groups in total. The van der Waals surface area contributed by atoms with Gasteiger partial charge in [0.15, 0.2) is 0 Å². The number of ether oxygens (including phenoxy) is 2. The van der Waals surface area contributed by atoms with Crippen LogP contribution in [0.5, 0.6) is 17.2 Å². The van der Waals surface area contributed by atoms with E-state index in [9.17, 15) is 4.79 Å². The number of phenolic OH excluding ortho intramolecular Hbond substituents is 1. The molecule has 19 heavy (non-hydrogen) atoms. The van der Waals surface area contributed by atoms with Crippen molar-refractivity contribution in [2.75, 3.05) is 7.11 Å². The summed E-state index contributed by atoms with van der Waals surface area (Å²) in [5.74, 6) is 0.835. The fraction of sp³-hybridized carbons (Fsp3) is 0.133. The standard InChI is InChI=1S/C15H14O4/c1-10-9-13(7-8-14(10)18-2)19-15(17)11-3-5-12(16)6-4-11/h3-9,16H,1-2H3. The fourth-order valence-corrected chi connectivity index (χ4v) is 1.68. The maximum Gasteiger partial charge on any atom is 0.343 e. The van der Waals surface area contributed by atoms with Crippen LogP contribution in [0.2, 0.25) is 0 Å². The number of carbonyl (C=O) groups excluding carboxylic acids is 1. The maximum atomic E-state index is 11.9. The highest BCUT2D eigenvalue weighted by Gasteiger charge is 2.09. The van der Waals surface area contributed by atoms with Crippen molar-refractivity contribution in [3.63, 3.8) is 0 Å². The highest BCUT2D eigenvalue weighted by Crippen LogP contribution is 2.23. The van der Waals surface area contributed by atoms with Gasteiger partial charge in [-0.2, -0.15) is 0 Å². The zero-order valence-corrected chi connectivity index (χ0v) is 10.7. The molecule has 0 radical (unpaired) electrons. The number of esters is 1. The molecule has 0 fully saturated rings. The first-order valence-corrected chi connectivity index (χ1v) is 5.76. The fourth-order valence-electron chi connectivity index (χ4n) is 1.68. The zero-order valence-electron chi connectivity index (χ0n) is 10.7. The maximum absolute atomic E-state index is 11.9. The van der Waals surface area contributed by atoms with Gasteiger partial charge in [-0.15, -0.1) is 0 Å². The molecule has 0 atom stereocenters. The van der Waals surface area contributed by atoms with Crippen molar-refractivity contribution in [3.8, 4) is 17.2 Å². The Labute approximate surface area is 111 Å². The first kappa shape index (κ1) is 13.0. The van der Waals surface area contributed by atoms with Crippen molar-refractivity contribution in [3.05, 3.63) is 53.6 Å². The summed E-state index contributed by atoms with van der Waals surface area (Å²) in [6.45, 7) is 1.87. The van der Waals surface area contributed by atoms with Crippen LogP contribution < -0.4 is 9.47 Å². The second-order valence-corrected chi connectivity index (χ2v) is 4.07. The van der Waals surface area contributed by atoms with Gasteiger partial charge in [-0.05, 0) is 55.0 Å². The number of hydrogen-bond donors (Lipinski definition) is 1. The molecule has 2 aromatic carbocycles. The molecule has 0 aliphatic rings. The lowest BCUT2D eigenvalue weighted by Crippen LogP contribution is -2.08. The molecule has 2 aromatic rings. The Kier molecular flexibility index (Phi) is 3.71. The Morgan fingerprint density at radius 3 is 2.37 bits per heavy atom. The minimum Gasteiger partial charge on any atom is -0.508 e. The second-order valence-electron chi connectivity index (χ2n) is 4.07. The Balaban J connectivity index is 2.14. The van der Waals surface area contributed by atoms with E-state index < -0.39 is 5.97 Å². The molecule has 0 amide bonds. The Hall–Kier alpha value is -2.49. The van der Waals surface area contributed by atoms with Crippen molar-refractivity contribution in [2.24, 2.45) is 0 Å². The lowest BCUT2D eigenvalue weighted by atomic mass is 10.2. The smallest absolute Gasteiger partial charge is 0.343 e. The summed E-state index contributed by atoms with van der Waals surface area (Å²) in [4.78, 5) is 11.9. The molecule has 98 valence electrons. The van der Waals surface area contributed by atoms with Crippen LogP contribution in [-0.4, -0.2) is 18.2 Å². The van der Waals surface area contributed by atoms with Gasteiger partial charge in [0.2, 0.25) is 0 Å². The minimum absolute atomic E-state index is 0.108. The average Bonchev–Trinajstić information content (AvgIpc) is 2.39. The third-order valence-corrected chi connectivity index (χ3v) is 2.68. The molecule has 0 aliphatic carbocycles. The first-order valence-electron chi connectivity index (χ1n) is 5.76. The van der Waals surface area contributed by atoms with Gasteiger partial charge in [-0.1, -0.05) is 0 Å². The molecule has 0 bridgehead atoms. The van der Waals surface area contributed by atoms with Crippen LogP contribution >= 0.6 is 0 Å². The molecule has 0 saturated carbocycles. The molecular weight excluding hydrogens is 244 g/mol. The van der Waals surface area contributed by atoms with Gasteiger partial charge in [0.1, 0.15) is 17.2 Å². The largest absolute Gasteiger partial charge is 0.508 e. The van der Waals surface area contributed by atoms with Gasteiger partial charge in [0.25, 0.3) is 0 Å². The molecule has 4 nitrogen and oxygen atoms in total. The average molecular weight is 258 g/mol. The van der Waals surface area contributed by atoms with Crippen molar-refractivity contribution >= 4 is 5.97 Å². The summed E-state index contributed by atoms with van der Waals surface area (Å²) in [5, 5.41) is 9.16. The van der Waals surface area contributed by atoms with E-state index in [4.69, 9.17) is 14.6 Å². The lowest BCUT2D eigenvalue weighted by Gasteiger charge is -2.08. The van der Waals surface area contributed by atoms with E-state index in [1.165, 1.54) is 24.3 Å². The molecule has 0 unspecified atom stereocenters. The summed E-state index contributed by atoms with van der Waals surface area (Å²) in [7, 11) is 1.59. The second kappa shape index (κ2) is 5.44. The summed E-state index contributed by atoms with van der Waals surface area (Å²) in [6, 6.07) is 11.0. The van der Waals surface area contributed by atoms with Crippen molar-refractivity contribution in [1.29, 1.82) is 0 Å². The third kappa shape index (κ3) is 3.04. The molecular formula is C15H14O4. The van der Waals surface area contributed by atoms with E-state index in [1.54, 1.807) is 25.3 Å². The number of carbonyl (C=O) groups is 1. The Morgan fingerprint density at radius 1 is 1.11 bits per heavy atom. The topological polar surface area (TPSA) is 55.8 Å². The van der Waals surface area contributed by atoms with Crippen LogP contribution in [0.4, 0.5) is 0 Å². The molecule has 0 spiro atoms. The van der Waals surface area contributed by atoms with Crippen LogP contribution in [-0.2, 0) is 0 Å². The predicted octanol–water partition coefficient (Wildman–Crippen LogP) is 2.93. The number of rotatable bonds is 3. The molecule has 0 aliphatic heterocycles. The van der Waals surface area contributed by atoms with E-state index >= 15 is 0 Å². The molecule has 0 heterocycles. The van der Waals surface area contributed by atoms with Crippen molar-refractivity contribution < 1.29 is 19.4 Å². The summed E-state index contributed by atoms with van der Waals surface area (Å²) < 4.78 is 10.4. The molecule has 0 saturated heterocycles.